The summed E-state index contributed by atoms with van der Waals surface area (Å²) >= 11 is 3.97. The van der Waals surface area contributed by atoms with E-state index >= 15 is 0 Å². The Morgan fingerprint density at radius 3 is 2.26 bits per heavy atom. The Morgan fingerprint density at radius 2 is 1.52 bits per heavy atom. The summed E-state index contributed by atoms with van der Waals surface area (Å²) in [5.41, 5.74) is 4.07. The van der Waals surface area contributed by atoms with Crippen LogP contribution in [-0.2, 0) is 0 Å². The van der Waals surface area contributed by atoms with Crippen molar-refractivity contribution in [3.05, 3.63) is 54.7 Å². The van der Waals surface area contributed by atoms with E-state index in [0.717, 1.165) is 11.5 Å². The summed E-state index contributed by atoms with van der Waals surface area (Å²) in [6, 6.07) is 17.4. The molecule has 0 spiro atoms. The molecule has 0 atom stereocenters. The van der Waals surface area contributed by atoms with Gasteiger partial charge in [-0.2, -0.15) is 0 Å². The van der Waals surface area contributed by atoms with Gasteiger partial charge in [-0.1, -0.05) is 50.2 Å². The molecule has 3 aromatic rings. The van der Waals surface area contributed by atoms with Crippen LogP contribution in [-0.4, -0.2) is 15.9 Å². The molecule has 23 heavy (non-hydrogen) atoms. The van der Waals surface area contributed by atoms with E-state index in [1.807, 2.05) is 23.5 Å². The minimum atomic E-state index is 1.15. The standard InChI is InChI=1S/C20H23NS2/c1-3-14-22-19-17-12-8-9-13-21(17)20(23-15-4-2)18(19)16-10-6-5-7-11-16/h5-13H,3-4,14-15H2,1-2H3. The fourth-order valence-corrected chi connectivity index (χ4v) is 4.91. The lowest BCUT2D eigenvalue weighted by Crippen LogP contribution is -1.87. The highest BCUT2D eigenvalue weighted by molar-refractivity contribution is 8.00. The third kappa shape index (κ3) is 3.46. The monoisotopic (exact) mass is 341 g/mol. The van der Waals surface area contributed by atoms with Gasteiger partial charge >= 0.3 is 0 Å². The Kier molecular flexibility index (Phi) is 5.74. The number of rotatable bonds is 7. The number of thioether (sulfide) groups is 2. The number of hydrogen-bond acceptors (Lipinski definition) is 2. The second-order valence-corrected chi connectivity index (χ2v) is 7.72. The van der Waals surface area contributed by atoms with Gasteiger partial charge in [-0.3, -0.25) is 0 Å². The van der Waals surface area contributed by atoms with Crippen LogP contribution in [0.25, 0.3) is 16.6 Å². The average molecular weight is 342 g/mol. The molecule has 2 heterocycles. The lowest BCUT2D eigenvalue weighted by atomic mass is 10.1. The topological polar surface area (TPSA) is 4.41 Å². The largest absolute Gasteiger partial charge is 0.310 e. The molecule has 0 radical (unpaired) electrons. The molecule has 0 bridgehead atoms. The van der Waals surface area contributed by atoms with Gasteiger partial charge in [0.2, 0.25) is 0 Å². The van der Waals surface area contributed by atoms with Crippen LogP contribution in [0.1, 0.15) is 26.7 Å². The summed E-state index contributed by atoms with van der Waals surface area (Å²) in [5, 5.41) is 1.38. The minimum Gasteiger partial charge on any atom is -0.310 e. The Bertz CT molecular complexity index is 717. The highest BCUT2D eigenvalue weighted by Crippen LogP contribution is 2.44. The van der Waals surface area contributed by atoms with E-state index in [-0.39, 0.29) is 0 Å². The zero-order valence-electron chi connectivity index (χ0n) is 13.8. The zero-order valence-corrected chi connectivity index (χ0v) is 15.4. The first-order valence-corrected chi connectivity index (χ1v) is 10.3. The minimum absolute atomic E-state index is 1.15. The number of nitrogens with zero attached hydrogens (tertiary/aromatic N) is 1. The first kappa shape index (κ1) is 16.5. The van der Waals surface area contributed by atoms with Crippen LogP contribution in [0.3, 0.4) is 0 Å². The molecule has 0 aliphatic carbocycles. The van der Waals surface area contributed by atoms with Crippen LogP contribution < -0.4 is 0 Å². The lowest BCUT2D eigenvalue weighted by Gasteiger charge is -2.07. The number of pyridine rings is 1. The normalized spacial score (nSPS) is 11.2. The highest BCUT2D eigenvalue weighted by atomic mass is 32.2. The molecular formula is C20H23NS2. The molecule has 3 rings (SSSR count). The van der Waals surface area contributed by atoms with Crippen molar-refractivity contribution in [3.8, 4) is 11.1 Å². The van der Waals surface area contributed by atoms with Crippen molar-refractivity contribution in [1.29, 1.82) is 0 Å². The fraction of sp³-hybridized carbons (Fsp3) is 0.300. The predicted molar refractivity (Wildman–Crippen MR) is 105 cm³/mol. The SMILES string of the molecule is CCCSc1c(-c2ccccc2)c(SCCC)n2ccccc12. The first-order chi connectivity index (χ1) is 11.4. The molecule has 0 aliphatic rings. The Morgan fingerprint density at radius 1 is 0.826 bits per heavy atom. The Balaban J connectivity index is 2.23. The van der Waals surface area contributed by atoms with Crippen LogP contribution in [0, 0.1) is 0 Å². The molecule has 0 aliphatic heterocycles. The Hall–Kier alpha value is -1.32. The summed E-state index contributed by atoms with van der Waals surface area (Å²) in [5.74, 6) is 2.31. The molecule has 0 unspecified atom stereocenters. The summed E-state index contributed by atoms with van der Waals surface area (Å²) < 4.78 is 2.38. The highest BCUT2D eigenvalue weighted by Gasteiger charge is 2.19. The van der Waals surface area contributed by atoms with E-state index in [0.29, 0.717) is 0 Å². The smallest absolute Gasteiger partial charge is 0.0885 e. The maximum Gasteiger partial charge on any atom is 0.0885 e. The van der Waals surface area contributed by atoms with E-state index in [2.05, 4.69) is 73.0 Å². The van der Waals surface area contributed by atoms with E-state index in [9.17, 15) is 0 Å². The van der Waals surface area contributed by atoms with Gasteiger partial charge in [-0.25, -0.2) is 0 Å². The van der Waals surface area contributed by atoms with Crippen LogP contribution in [0.15, 0.2) is 64.6 Å². The molecule has 120 valence electrons. The van der Waals surface area contributed by atoms with Crippen LogP contribution in [0.4, 0.5) is 0 Å². The van der Waals surface area contributed by atoms with Crippen LogP contribution in [0.5, 0.6) is 0 Å². The first-order valence-electron chi connectivity index (χ1n) is 8.30. The van der Waals surface area contributed by atoms with Crippen molar-refractivity contribution in [3.63, 3.8) is 0 Å². The van der Waals surface area contributed by atoms with Gasteiger partial charge < -0.3 is 4.40 Å². The molecular weight excluding hydrogens is 318 g/mol. The van der Waals surface area contributed by atoms with Crippen molar-refractivity contribution in [2.75, 3.05) is 11.5 Å². The van der Waals surface area contributed by atoms with E-state index in [1.54, 1.807) is 0 Å². The third-order valence-corrected chi connectivity index (χ3v) is 6.31. The maximum absolute atomic E-state index is 2.38. The van der Waals surface area contributed by atoms with Crippen LogP contribution >= 0.6 is 23.5 Å². The van der Waals surface area contributed by atoms with Crippen molar-refractivity contribution < 1.29 is 0 Å². The van der Waals surface area contributed by atoms with E-state index < -0.39 is 0 Å². The summed E-state index contributed by atoms with van der Waals surface area (Å²) in [7, 11) is 0. The Labute approximate surface area is 147 Å². The van der Waals surface area contributed by atoms with Gasteiger partial charge in [-0.15, -0.1) is 23.5 Å². The number of benzene rings is 1. The van der Waals surface area contributed by atoms with Crippen molar-refractivity contribution in [1.82, 2.24) is 4.40 Å². The third-order valence-electron chi connectivity index (χ3n) is 3.71. The zero-order chi connectivity index (χ0) is 16.1. The summed E-state index contributed by atoms with van der Waals surface area (Å²) in [4.78, 5) is 1.43. The molecule has 0 N–H and O–H groups in total. The number of fused-ring (bicyclic) bond motifs is 1. The fourth-order valence-electron chi connectivity index (χ4n) is 2.70. The molecule has 0 saturated carbocycles. The molecule has 3 heteroatoms. The quantitative estimate of drug-likeness (QED) is 0.445. The molecule has 0 fully saturated rings. The molecule has 1 nitrogen and oxygen atoms in total. The van der Waals surface area contributed by atoms with E-state index in [1.165, 1.54) is 39.4 Å². The van der Waals surface area contributed by atoms with Crippen LogP contribution in [0.2, 0.25) is 0 Å². The van der Waals surface area contributed by atoms with E-state index in [4.69, 9.17) is 0 Å². The van der Waals surface area contributed by atoms with Crippen molar-refractivity contribution in [2.45, 2.75) is 36.6 Å². The second kappa shape index (κ2) is 7.98. The average Bonchev–Trinajstić information content (AvgIpc) is 2.92. The predicted octanol–water partition coefficient (Wildman–Crippen LogP) is 6.61. The number of aromatic nitrogens is 1. The van der Waals surface area contributed by atoms with Crippen molar-refractivity contribution >= 4 is 29.0 Å². The van der Waals surface area contributed by atoms with Gasteiger partial charge in [0.15, 0.2) is 0 Å². The maximum atomic E-state index is 2.38. The molecule has 0 saturated heterocycles. The van der Waals surface area contributed by atoms with Gasteiger partial charge in [0.05, 0.1) is 10.5 Å². The molecule has 2 aromatic heterocycles. The van der Waals surface area contributed by atoms with Gasteiger partial charge in [-0.05, 0) is 42.0 Å². The van der Waals surface area contributed by atoms with Crippen molar-refractivity contribution in [2.24, 2.45) is 0 Å². The van der Waals surface area contributed by atoms with Gasteiger partial charge in [0.1, 0.15) is 0 Å². The summed E-state index contributed by atoms with van der Waals surface area (Å²) in [6.45, 7) is 4.50. The molecule has 1 aromatic carbocycles. The lowest BCUT2D eigenvalue weighted by molar-refractivity contribution is 1.04. The van der Waals surface area contributed by atoms with Gasteiger partial charge in [0.25, 0.3) is 0 Å². The second-order valence-electron chi connectivity index (χ2n) is 5.53. The van der Waals surface area contributed by atoms with Gasteiger partial charge in [0, 0.05) is 16.7 Å². The summed E-state index contributed by atoms with van der Waals surface area (Å²) in [6.07, 6.45) is 4.59. The molecule has 0 amide bonds. The number of hydrogen-bond donors (Lipinski definition) is 0.